The lowest BCUT2D eigenvalue weighted by atomic mass is 10.2. The Labute approximate surface area is 129 Å². The fourth-order valence-electron chi connectivity index (χ4n) is 1.95. The van der Waals surface area contributed by atoms with Crippen LogP contribution in [-0.2, 0) is 13.1 Å². The summed E-state index contributed by atoms with van der Waals surface area (Å²) in [5, 5.41) is 5.32. The Morgan fingerprint density at radius 1 is 1.15 bits per heavy atom. The van der Waals surface area contributed by atoms with Crippen LogP contribution in [0.5, 0.6) is 0 Å². The largest absolute Gasteiger partial charge is 0.349 e. The molecule has 1 aromatic heterocycles. The van der Waals surface area contributed by atoms with Crippen LogP contribution in [0.1, 0.15) is 24.3 Å². The van der Waals surface area contributed by atoms with E-state index in [-0.39, 0.29) is 0 Å². The average molecular weight is 310 g/mol. The molecule has 0 unspecified atom stereocenters. The lowest BCUT2D eigenvalue weighted by Crippen LogP contribution is -2.21. The molecule has 0 saturated heterocycles. The number of hydrogen-bond donors (Lipinski definition) is 1. The lowest BCUT2D eigenvalue weighted by Gasteiger charge is -2.16. The zero-order valence-corrected chi connectivity index (χ0v) is 13.5. The van der Waals surface area contributed by atoms with Crippen LogP contribution >= 0.6 is 22.9 Å². The van der Waals surface area contributed by atoms with E-state index in [9.17, 15) is 0 Å². The van der Waals surface area contributed by atoms with Gasteiger partial charge in [0.15, 0.2) is 5.13 Å². The molecule has 0 radical (unpaired) electrons. The normalized spacial score (nSPS) is 10.8. The number of thiazole rings is 1. The van der Waals surface area contributed by atoms with Gasteiger partial charge in [0.1, 0.15) is 0 Å². The van der Waals surface area contributed by atoms with Crippen molar-refractivity contribution in [1.29, 1.82) is 0 Å². The van der Waals surface area contributed by atoms with E-state index >= 15 is 0 Å². The quantitative estimate of drug-likeness (QED) is 0.840. The molecule has 108 valence electrons. The van der Waals surface area contributed by atoms with Crippen LogP contribution in [0.2, 0.25) is 5.02 Å². The van der Waals surface area contributed by atoms with Gasteiger partial charge in [-0.2, -0.15) is 0 Å². The molecule has 5 heteroatoms. The molecule has 0 saturated carbocycles. The van der Waals surface area contributed by atoms with E-state index < -0.39 is 0 Å². The van der Waals surface area contributed by atoms with E-state index in [1.54, 1.807) is 11.3 Å². The molecule has 0 amide bonds. The number of benzene rings is 1. The fourth-order valence-corrected chi connectivity index (χ4v) is 3.08. The minimum absolute atomic E-state index is 0.778. The highest BCUT2D eigenvalue weighted by Crippen LogP contribution is 2.22. The van der Waals surface area contributed by atoms with Crippen molar-refractivity contribution in [2.45, 2.75) is 26.9 Å². The molecule has 0 bridgehead atoms. The fraction of sp³-hybridized carbons (Fsp3) is 0.400. The predicted octanol–water partition coefficient (Wildman–Crippen LogP) is 3.93. The summed E-state index contributed by atoms with van der Waals surface area (Å²) in [5.41, 5.74) is 1.24. The van der Waals surface area contributed by atoms with Gasteiger partial charge in [-0.25, -0.2) is 4.98 Å². The van der Waals surface area contributed by atoms with Gasteiger partial charge in [0.05, 0.1) is 0 Å². The van der Waals surface area contributed by atoms with Crippen LogP contribution in [0, 0.1) is 0 Å². The standard InChI is InChI=1S/C15H20ClN3S/c1-3-19(4-2)15-18-11-14(20-15)10-17-9-12-5-7-13(16)8-6-12/h5-8,11,17H,3-4,9-10H2,1-2H3. The van der Waals surface area contributed by atoms with E-state index in [4.69, 9.17) is 11.6 Å². The van der Waals surface area contributed by atoms with Crippen molar-refractivity contribution < 1.29 is 0 Å². The highest BCUT2D eigenvalue weighted by Gasteiger charge is 2.07. The number of nitrogens with one attached hydrogen (secondary N) is 1. The maximum Gasteiger partial charge on any atom is 0.185 e. The third kappa shape index (κ3) is 4.20. The van der Waals surface area contributed by atoms with Gasteiger partial charge in [0.2, 0.25) is 0 Å². The van der Waals surface area contributed by atoms with Crippen LogP contribution < -0.4 is 10.2 Å². The predicted molar refractivity (Wildman–Crippen MR) is 87.7 cm³/mol. The molecule has 0 aliphatic rings. The summed E-state index contributed by atoms with van der Waals surface area (Å²) in [6, 6.07) is 7.93. The first-order chi connectivity index (χ1) is 9.72. The van der Waals surface area contributed by atoms with Crippen LogP contribution in [0.25, 0.3) is 0 Å². The van der Waals surface area contributed by atoms with Crippen molar-refractivity contribution in [3.05, 3.63) is 45.9 Å². The minimum Gasteiger partial charge on any atom is -0.349 e. The molecule has 1 heterocycles. The molecule has 0 aliphatic heterocycles. The van der Waals surface area contributed by atoms with Crippen molar-refractivity contribution in [1.82, 2.24) is 10.3 Å². The number of aromatic nitrogens is 1. The van der Waals surface area contributed by atoms with Crippen LogP contribution in [0.3, 0.4) is 0 Å². The molecule has 3 nitrogen and oxygen atoms in total. The topological polar surface area (TPSA) is 28.2 Å². The van der Waals surface area contributed by atoms with Gasteiger partial charge >= 0.3 is 0 Å². The molecule has 2 aromatic rings. The summed E-state index contributed by atoms with van der Waals surface area (Å²) >= 11 is 7.63. The Balaban J connectivity index is 1.84. The van der Waals surface area contributed by atoms with E-state index in [1.165, 1.54) is 10.4 Å². The lowest BCUT2D eigenvalue weighted by molar-refractivity contribution is 0.700. The van der Waals surface area contributed by atoms with Crippen molar-refractivity contribution in [2.24, 2.45) is 0 Å². The highest BCUT2D eigenvalue weighted by atomic mass is 35.5. The van der Waals surface area contributed by atoms with E-state index in [2.05, 4.69) is 29.0 Å². The first-order valence-corrected chi connectivity index (χ1v) is 8.07. The van der Waals surface area contributed by atoms with Gasteiger partial charge < -0.3 is 10.2 Å². The van der Waals surface area contributed by atoms with Gasteiger partial charge in [0.25, 0.3) is 0 Å². The Bertz CT molecular complexity index is 520. The van der Waals surface area contributed by atoms with Crippen LogP contribution in [-0.4, -0.2) is 18.1 Å². The molecule has 2 rings (SSSR count). The minimum atomic E-state index is 0.778. The van der Waals surface area contributed by atoms with Gasteiger partial charge in [-0.15, -0.1) is 11.3 Å². The maximum absolute atomic E-state index is 5.87. The summed E-state index contributed by atoms with van der Waals surface area (Å²) in [7, 11) is 0. The molecule has 0 spiro atoms. The first kappa shape index (κ1) is 15.3. The molecule has 1 aromatic carbocycles. The summed E-state index contributed by atoms with van der Waals surface area (Å²) in [6.45, 7) is 8.01. The number of anilines is 1. The number of hydrogen-bond acceptors (Lipinski definition) is 4. The summed E-state index contributed by atoms with van der Waals surface area (Å²) < 4.78 is 0. The molecule has 1 N–H and O–H groups in total. The zero-order valence-electron chi connectivity index (χ0n) is 11.9. The second kappa shape index (κ2) is 7.62. The van der Waals surface area contributed by atoms with E-state index in [1.807, 2.05) is 30.5 Å². The molecule has 0 fully saturated rings. The summed E-state index contributed by atoms with van der Waals surface area (Å²) in [4.78, 5) is 8.02. The smallest absolute Gasteiger partial charge is 0.185 e. The number of halogens is 1. The van der Waals surface area contributed by atoms with Crippen molar-refractivity contribution >= 4 is 28.1 Å². The van der Waals surface area contributed by atoms with Gasteiger partial charge in [-0.3, -0.25) is 0 Å². The zero-order chi connectivity index (χ0) is 14.4. The number of nitrogens with zero attached hydrogens (tertiary/aromatic N) is 2. The van der Waals surface area contributed by atoms with Gasteiger partial charge in [-0.05, 0) is 31.5 Å². The Hall–Kier alpha value is -1.10. The average Bonchev–Trinajstić information content (AvgIpc) is 2.91. The highest BCUT2D eigenvalue weighted by molar-refractivity contribution is 7.15. The SMILES string of the molecule is CCN(CC)c1ncc(CNCc2ccc(Cl)cc2)s1. The van der Waals surface area contributed by atoms with Gasteiger partial charge in [-0.1, -0.05) is 23.7 Å². The van der Waals surface area contributed by atoms with Crippen molar-refractivity contribution in [2.75, 3.05) is 18.0 Å². The Morgan fingerprint density at radius 3 is 2.50 bits per heavy atom. The van der Waals surface area contributed by atoms with E-state index in [0.29, 0.717) is 0 Å². The third-order valence-electron chi connectivity index (χ3n) is 3.12. The second-order valence-electron chi connectivity index (χ2n) is 4.51. The molecular formula is C15H20ClN3S. The maximum atomic E-state index is 5.87. The molecule has 0 aliphatic carbocycles. The Kier molecular flexibility index (Phi) is 5.83. The molecule has 20 heavy (non-hydrogen) atoms. The summed E-state index contributed by atoms with van der Waals surface area (Å²) in [5.74, 6) is 0. The molecular weight excluding hydrogens is 290 g/mol. The van der Waals surface area contributed by atoms with Crippen molar-refractivity contribution in [3.8, 4) is 0 Å². The second-order valence-corrected chi connectivity index (χ2v) is 6.04. The van der Waals surface area contributed by atoms with Gasteiger partial charge in [0, 0.05) is 42.3 Å². The van der Waals surface area contributed by atoms with Crippen molar-refractivity contribution in [3.63, 3.8) is 0 Å². The number of rotatable bonds is 7. The third-order valence-corrected chi connectivity index (χ3v) is 4.43. The Morgan fingerprint density at radius 2 is 1.85 bits per heavy atom. The van der Waals surface area contributed by atoms with Crippen LogP contribution in [0.15, 0.2) is 30.5 Å². The molecule has 0 atom stereocenters. The monoisotopic (exact) mass is 309 g/mol. The first-order valence-electron chi connectivity index (χ1n) is 6.87. The van der Waals surface area contributed by atoms with E-state index in [0.717, 1.165) is 36.3 Å². The van der Waals surface area contributed by atoms with Crippen LogP contribution in [0.4, 0.5) is 5.13 Å². The summed E-state index contributed by atoms with van der Waals surface area (Å²) in [6.07, 6.45) is 1.97.